The molecule has 8 heteroatoms. The van der Waals surface area contributed by atoms with Gasteiger partial charge in [-0.3, -0.25) is 0 Å². The van der Waals surface area contributed by atoms with Gasteiger partial charge in [-0.15, -0.1) is 5.10 Å². The van der Waals surface area contributed by atoms with E-state index < -0.39 is 0 Å². The van der Waals surface area contributed by atoms with E-state index in [4.69, 9.17) is 23.2 Å². The number of nitrogens with zero attached hydrogens (tertiary/aromatic N) is 6. The highest BCUT2D eigenvalue weighted by Gasteiger charge is 2.21. The summed E-state index contributed by atoms with van der Waals surface area (Å²) in [4.78, 5) is 0. The van der Waals surface area contributed by atoms with Crippen LogP contribution in [0, 0.1) is 0 Å². The van der Waals surface area contributed by atoms with Gasteiger partial charge in [0.05, 0.1) is 28.8 Å². The highest BCUT2D eigenvalue weighted by Crippen LogP contribution is 2.34. The van der Waals surface area contributed by atoms with Gasteiger partial charge in [-0.2, -0.15) is 9.78 Å². The first kappa shape index (κ1) is 18.5. The Hall–Kier alpha value is -3.48. The van der Waals surface area contributed by atoms with Gasteiger partial charge in [0.1, 0.15) is 0 Å². The first-order chi connectivity index (χ1) is 14.7. The third kappa shape index (κ3) is 3.36. The number of hydrogen-bond donors (Lipinski definition) is 0. The first-order valence-corrected chi connectivity index (χ1v) is 9.90. The van der Waals surface area contributed by atoms with Gasteiger partial charge < -0.3 is 0 Å². The SMILES string of the molecule is Clc1ccc(-n2ncc(-c3nnnn3-c3ccccc3)c2-c2cccc(Cl)c2)cc1. The molecule has 0 fully saturated rings. The van der Waals surface area contributed by atoms with E-state index in [1.54, 1.807) is 10.9 Å². The fourth-order valence-corrected chi connectivity index (χ4v) is 3.62. The molecule has 5 aromatic rings. The molecular formula is C22H14Cl2N6. The predicted molar refractivity (Wildman–Crippen MR) is 117 cm³/mol. The Bertz CT molecular complexity index is 1310. The lowest BCUT2D eigenvalue weighted by atomic mass is 10.1. The summed E-state index contributed by atoms with van der Waals surface area (Å²) in [6.07, 6.45) is 1.76. The summed E-state index contributed by atoms with van der Waals surface area (Å²) in [6, 6.07) is 24.8. The van der Waals surface area contributed by atoms with Crippen molar-refractivity contribution >= 4 is 23.2 Å². The molecule has 0 radical (unpaired) electrons. The van der Waals surface area contributed by atoms with Crippen molar-refractivity contribution < 1.29 is 0 Å². The van der Waals surface area contributed by atoms with Crippen LogP contribution < -0.4 is 0 Å². The molecule has 2 aromatic heterocycles. The van der Waals surface area contributed by atoms with Crippen molar-refractivity contribution in [1.29, 1.82) is 0 Å². The number of aromatic nitrogens is 6. The highest BCUT2D eigenvalue weighted by molar-refractivity contribution is 6.31. The van der Waals surface area contributed by atoms with Crippen molar-refractivity contribution in [2.45, 2.75) is 0 Å². The maximum atomic E-state index is 6.29. The molecule has 0 aliphatic heterocycles. The molecule has 0 aliphatic rings. The molecule has 0 unspecified atom stereocenters. The van der Waals surface area contributed by atoms with Crippen LogP contribution in [0.5, 0.6) is 0 Å². The van der Waals surface area contributed by atoms with Crippen LogP contribution in [0.4, 0.5) is 0 Å². The van der Waals surface area contributed by atoms with Crippen molar-refractivity contribution in [3.8, 4) is 34.0 Å². The van der Waals surface area contributed by atoms with Gasteiger partial charge in [-0.05, 0) is 59.0 Å². The Labute approximate surface area is 182 Å². The lowest BCUT2D eigenvalue weighted by Crippen LogP contribution is -2.02. The van der Waals surface area contributed by atoms with Crippen molar-refractivity contribution in [2.75, 3.05) is 0 Å². The molecule has 30 heavy (non-hydrogen) atoms. The smallest absolute Gasteiger partial charge is 0.190 e. The van der Waals surface area contributed by atoms with Crippen LogP contribution >= 0.6 is 23.2 Å². The fraction of sp³-hybridized carbons (Fsp3) is 0. The third-order valence-corrected chi connectivity index (χ3v) is 5.14. The predicted octanol–water partition coefficient (Wildman–Crippen LogP) is 5.49. The number of para-hydroxylation sites is 1. The number of rotatable bonds is 4. The zero-order valence-electron chi connectivity index (χ0n) is 15.5. The monoisotopic (exact) mass is 432 g/mol. The second kappa shape index (κ2) is 7.74. The molecule has 0 N–H and O–H groups in total. The maximum Gasteiger partial charge on any atom is 0.190 e. The Morgan fingerprint density at radius 3 is 2.23 bits per heavy atom. The third-order valence-electron chi connectivity index (χ3n) is 4.65. The lowest BCUT2D eigenvalue weighted by molar-refractivity contribution is 0.791. The van der Waals surface area contributed by atoms with E-state index in [9.17, 15) is 0 Å². The van der Waals surface area contributed by atoms with Gasteiger partial charge in [0.15, 0.2) is 5.82 Å². The summed E-state index contributed by atoms with van der Waals surface area (Å²) in [7, 11) is 0. The molecule has 0 aliphatic carbocycles. The summed E-state index contributed by atoms with van der Waals surface area (Å²) in [5, 5.41) is 18.3. The van der Waals surface area contributed by atoms with E-state index >= 15 is 0 Å². The van der Waals surface area contributed by atoms with Crippen molar-refractivity contribution in [3.63, 3.8) is 0 Å². The molecule has 0 saturated heterocycles. The second-order valence-corrected chi connectivity index (χ2v) is 7.43. The Kier molecular flexibility index (Phi) is 4.78. The maximum absolute atomic E-state index is 6.29. The van der Waals surface area contributed by atoms with E-state index in [0.29, 0.717) is 15.9 Å². The molecule has 0 amide bonds. The van der Waals surface area contributed by atoms with Gasteiger partial charge in [-0.1, -0.05) is 53.5 Å². The van der Waals surface area contributed by atoms with E-state index in [-0.39, 0.29) is 0 Å². The van der Waals surface area contributed by atoms with Crippen LogP contribution in [0.25, 0.3) is 34.0 Å². The summed E-state index contributed by atoms with van der Waals surface area (Å²) < 4.78 is 3.53. The van der Waals surface area contributed by atoms with Crippen molar-refractivity contribution in [3.05, 3.63) is 95.1 Å². The van der Waals surface area contributed by atoms with Gasteiger partial charge in [-0.25, -0.2) is 4.68 Å². The average Bonchev–Trinajstić information content (AvgIpc) is 3.42. The van der Waals surface area contributed by atoms with Crippen LogP contribution in [0.1, 0.15) is 0 Å². The molecule has 146 valence electrons. The van der Waals surface area contributed by atoms with Crippen LogP contribution in [0.15, 0.2) is 85.1 Å². The molecule has 0 atom stereocenters. The quantitative estimate of drug-likeness (QED) is 0.376. The molecular weight excluding hydrogens is 419 g/mol. The zero-order valence-corrected chi connectivity index (χ0v) is 17.0. The molecule has 0 saturated carbocycles. The largest absolute Gasteiger partial charge is 0.232 e. The van der Waals surface area contributed by atoms with E-state index in [2.05, 4.69) is 20.6 Å². The summed E-state index contributed by atoms with van der Waals surface area (Å²) in [5.41, 5.74) is 4.22. The van der Waals surface area contributed by atoms with Gasteiger partial charge in [0, 0.05) is 15.6 Å². The summed E-state index contributed by atoms with van der Waals surface area (Å²) in [6.45, 7) is 0. The molecule has 0 spiro atoms. The van der Waals surface area contributed by atoms with E-state index in [1.165, 1.54) is 0 Å². The summed E-state index contributed by atoms with van der Waals surface area (Å²) >= 11 is 12.4. The number of hydrogen-bond acceptors (Lipinski definition) is 4. The van der Waals surface area contributed by atoms with Gasteiger partial charge in [0.25, 0.3) is 0 Å². The Balaban J connectivity index is 1.75. The average molecular weight is 433 g/mol. The van der Waals surface area contributed by atoms with Crippen LogP contribution in [0.3, 0.4) is 0 Å². The number of tetrazole rings is 1. The van der Waals surface area contributed by atoms with Gasteiger partial charge >= 0.3 is 0 Å². The second-order valence-electron chi connectivity index (χ2n) is 6.56. The van der Waals surface area contributed by atoms with Crippen LogP contribution in [-0.4, -0.2) is 30.0 Å². The number of halogens is 2. The van der Waals surface area contributed by atoms with Crippen molar-refractivity contribution in [2.24, 2.45) is 0 Å². The molecule has 2 heterocycles. The minimum absolute atomic E-state index is 0.580. The molecule has 6 nitrogen and oxygen atoms in total. The zero-order chi connectivity index (χ0) is 20.5. The minimum Gasteiger partial charge on any atom is -0.232 e. The van der Waals surface area contributed by atoms with Crippen molar-refractivity contribution in [1.82, 2.24) is 30.0 Å². The molecule has 3 aromatic carbocycles. The summed E-state index contributed by atoms with van der Waals surface area (Å²) in [5.74, 6) is 0.580. The van der Waals surface area contributed by atoms with E-state index in [1.807, 2.05) is 83.5 Å². The first-order valence-electron chi connectivity index (χ1n) is 9.15. The molecule has 5 rings (SSSR count). The molecule has 0 bridgehead atoms. The topological polar surface area (TPSA) is 61.4 Å². The Morgan fingerprint density at radius 2 is 1.47 bits per heavy atom. The van der Waals surface area contributed by atoms with Crippen LogP contribution in [-0.2, 0) is 0 Å². The minimum atomic E-state index is 0.580. The lowest BCUT2D eigenvalue weighted by Gasteiger charge is -2.11. The van der Waals surface area contributed by atoms with Gasteiger partial charge in [0.2, 0.25) is 0 Å². The van der Waals surface area contributed by atoms with Crippen LogP contribution in [0.2, 0.25) is 10.0 Å². The van der Waals surface area contributed by atoms with E-state index in [0.717, 1.165) is 28.2 Å². The highest BCUT2D eigenvalue weighted by atomic mass is 35.5. The standard InChI is InChI=1S/C22H14Cl2N6/c23-16-9-11-19(12-10-16)29-21(15-5-4-6-17(24)13-15)20(14-25-29)22-26-27-28-30(22)18-7-2-1-3-8-18/h1-14H. The Morgan fingerprint density at radius 1 is 0.700 bits per heavy atom. The normalized spacial score (nSPS) is 11.0. The fourth-order valence-electron chi connectivity index (χ4n) is 3.30. The number of benzene rings is 3.